The number of hydrogen-bond donors (Lipinski definition) is 0. The molecule has 16 heavy (non-hydrogen) atoms. The Hall–Kier alpha value is -1.55. The second kappa shape index (κ2) is 3.79. The monoisotopic (exact) mass is 237 g/mol. The highest BCUT2D eigenvalue weighted by atomic mass is 35.5. The Morgan fingerprint density at radius 3 is 2.69 bits per heavy atom. The van der Waals surface area contributed by atoms with Gasteiger partial charge in [0.25, 0.3) is 0 Å². The van der Waals surface area contributed by atoms with Crippen molar-refractivity contribution in [1.29, 1.82) is 0 Å². The van der Waals surface area contributed by atoms with Gasteiger partial charge in [0.15, 0.2) is 16.8 Å². The number of halogens is 1. The van der Waals surface area contributed by atoms with Crippen LogP contribution in [0.2, 0.25) is 5.15 Å². The third-order valence-corrected chi connectivity index (χ3v) is 2.65. The van der Waals surface area contributed by atoms with E-state index in [2.05, 4.69) is 4.98 Å². The Bertz CT molecular complexity index is 560. The molecule has 4 nitrogen and oxygen atoms in total. The second-order valence-corrected chi connectivity index (χ2v) is 4.14. The summed E-state index contributed by atoms with van der Waals surface area (Å²) in [6, 6.07) is 5.65. The van der Waals surface area contributed by atoms with Crippen molar-refractivity contribution in [2.45, 2.75) is 6.92 Å². The average Bonchev–Trinajstić information content (AvgIpc) is 2.56. The van der Waals surface area contributed by atoms with Gasteiger partial charge in [-0.15, -0.1) is 0 Å². The van der Waals surface area contributed by atoms with Gasteiger partial charge >= 0.3 is 0 Å². The lowest BCUT2D eigenvalue weighted by Gasteiger charge is -2.15. The van der Waals surface area contributed by atoms with E-state index in [1.807, 2.05) is 37.2 Å². The van der Waals surface area contributed by atoms with Gasteiger partial charge < -0.3 is 4.90 Å². The lowest BCUT2D eigenvalue weighted by atomic mass is 10.3. The molecule has 0 amide bonds. The fourth-order valence-electron chi connectivity index (χ4n) is 1.67. The Balaban J connectivity index is 2.88. The highest BCUT2D eigenvalue weighted by Gasteiger charge is 2.16. The van der Waals surface area contributed by atoms with Crippen molar-refractivity contribution < 1.29 is 4.79 Å². The molecule has 0 saturated heterocycles. The number of anilines is 1. The third kappa shape index (κ3) is 1.55. The first-order valence-corrected chi connectivity index (χ1v) is 5.25. The summed E-state index contributed by atoms with van der Waals surface area (Å²) in [5, 5.41) is 0.355. The Morgan fingerprint density at radius 1 is 1.44 bits per heavy atom. The molecule has 0 aliphatic heterocycles. The van der Waals surface area contributed by atoms with Crippen LogP contribution in [0.5, 0.6) is 0 Å². The Morgan fingerprint density at radius 2 is 2.12 bits per heavy atom. The predicted octanol–water partition coefficient (Wildman–Crippen LogP) is 2.26. The smallest absolute Gasteiger partial charge is 0.195 e. The van der Waals surface area contributed by atoms with E-state index in [-0.39, 0.29) is 5.78 Å². The third-order valence-electron chi connectivity index (χ3n) is 2.37. The van der Waals surface area contributed by atoms with Crippen LogP contribution in [0.1, 0.15) is 17.5 Å². The number of hydrogen-bond acceptors (Lipinski definition) is 3. The van der Waals surface area contributed by atoms with Gasteiger partial charge in [-0.25, -0.2) is 4.98 Å². The fraction of sp³-hybridized carbons (Fsp3) is 0.273. The van der Waals surface area contributed by atoms with Crippen LogP contribution in [0, 0.1) is 0 Å². The Kier molecular flexibility index (Phi) is 2.59. The van der Waals surface area contributed by atoms with Crippen LogP contribution in [-0.4, -0.2) is 29.3 Å². The van der Waals surface area contributed by atoms with E-state index in [1.165, 1.54) is 6.92 Å². The fourth-order valence-corrected chi connectivity index (χ4v) is 1.89. The number of fused-ring (bicyclic) bond motifs is 1. The maximum Gasteiger partial charge on any atom is 0.195 e. The van der Waals surface area contributed by atoms with E-state index < -0.39 is 0 Å². The molecule has 2 rings (SSSR count). The van der Waals surface area contributed by atoms with Crippen molar-refractivity contribution in [2.75, 3.05) is 19.0 Å². The van der Waals surface area contributed by atoms with Crippen molar-refractivity contribution >= 4 is 28.7 Å². The lowest BCUT2D eigenvalue weighted by Crippen LogP contribution is -2.15. The van der Waals surface area contributed by atoms with Crippen molar-refractivity contribution in [3.8, 4) is 0 Å². The first kappa shape index (κ1) is 11.0. The number of rotatable bonds is 2. The lowest BCUT2D eigenvalue weighted by molar-refractivity contribution is 0.100. The average molecular weight is 238 g/mol. The van der Waals surface area contributed by atoms with Crippen molar-refractivity contribution in [3.63, 3.8) is 0 Å². The van der Waals surface area contributed by atoms with Gasteiger partial charge in [0.1, 0.15) is 5.82 Å². The molecular weight excluding hydrogens is 226 g/mol. The van der Waals surface area contributed by atoms with Gasteiger partial charge in [0.2, 0.25) is 0 Å². The number of ketones is 1. The van der Waals surface area contributed by atoms with Gasteiger partial charge in [0, 0.05) is 21.0 Å². The first-order valence-electron chi connectivity index (χ1n) is 4.87. The zero-order chi connectivity index (χ0) is 11.9. The highest BCUT2D eigenvalue weighted by molar-refractivity contribution is 6.33. The topological polar surface area (TPSA) is 37.6 Å². The standard InChI is InChI=1S/C11H12ClN3O/c1-7(16)11-13-10(12)8-5-4-6-9(14(2)3)15(8)11/h4-6H,1-3H3. The predicted molar refractivity (Wildman–Crippen MR) is 64.5 cm³/mol. The van der Waals surface area contributed by atoms with Crippen molar-refractivity contribution in [3.05, 3.63) is 29.2 Å². The molecule has 0 spiro atoms. The molecule has 0 fully saturated rings. The molecule has 2 aromatic heterocycles. The summed E-state index contributed by atoms with van der Waals surface area (Å²) in [5.74, 6) is 1.14. The first-order chi connectivity index (χ1) is 7.52. The van der Waals surface area contributed by atoms with Crippen molar-refractivity contribution in [2.24, 2.45) is 0 Å². The maximum absolute atomic E-state index is 11.5. The molecule has 0 bridgehead atoms. The van der Waals surface area contributed by atoms with Crippen LogP contribution in [0.15, 0.2) is 18.2 Å². The van der Waals surface area contributed by atoms with Crippen molar-refractivity contribution in [1.82, 2.24) is 9.38 Å². The van der Waals surface area contributed by atoms with Gasteiger partial charge in [-0.05, 0) is 12.1 Å². The number of Topliss-reactive ketones (excluding diaryl/α,β-unsaturated/α-hetero) is 1. The number of carbonyl (C=O) groups is 1. The summed E-state index contributed by atoms with van der Waals surface area (Å²) in [7, 11) is 3.82. The number of carbonyl (C=O) groups excluding carboxylic acids is 1. The summed E-state index contributed by atoms with van der Waals surface area (Å²) in [6.45, 7) is 1.48. The minimum atomic E-state index is -0.101. The number of imidazole rings is 1. The molecule has 0 radical (unpaired) electrons. The van der Waals surface area contributed by atoms with Gasteiger partial charge in [0.05, 0.1) is 5.52 Å². The molecule has 0 unspecified atom stereocenters. The number of nitrogens with zero attached hydrogens (tertiary/aromatic N) is 3. The SMILES string of the molecule is CC(=O)c1nc(Cl)c2cccc(N(C)C)n12. The molecule has 84 valence electrons. The molecule has 5 heteroatoms. The highest BCUT2D eigenvalue weighted by Crippen LogP contribution is 2.24. The normalized spacial score (nSPS) is 10.8. The molecule has 0 aliphatic rings. The number of aromatic nitrogens is 2. The van der Waals surface area contributed by atoms with E-state index in [9.17, 15) is 4.79 Å². The summed E-state index contributed by atoms with van der Waals surface area (Å²) in [6.07, 6.45) is 0. The number of pyridine rings is 1. The summed E-state index contributed by atoms with van der Waals surface area (Å²) in [4.78, 5) is 17.5. The second-order valence-electron chi connectivity index (χ2n) is 3.78. The zero-order valence-electron chi connectivity index (χ0n) is 9.36. The maximum atomic E-state index is 11.5. The van der Waals surface area contributed by atoms with Crippen LogP contribution < -0.4 is 4.90 Å². The van der Waals surface area contributed by atoms with E-state index in [0.717, 1.165) is 11.3 Å². The molecule has 0 aliphatic carbocycles. The molecule has 0 aromatic carbocycles. The van der Waals surface area contributed by atoms with E-state index in [0.29, 0.717) is 11.0 Å². The Labute approximate surface area is 98.5 Å². The van der Waals surface area contributed by atoms with Gasteiger partial charge in [-0.2, -0.15) is 0 Å². The summed E-state index contributed by atoms with van der Waals surface area (Å²) in [5.41, 5.74) is 0.748. The minimum Gasteiger partial charge on any atom is -0.364 e. The van der Waals surface area contributed by atoms with Crippen LogP contribution in [-0.2, 0) is 0 Å². The largest absolute Gasteiger partial charge is 0.364 e. The van der Waals surface area contributed by atoms with Gasteiger partial charge in [-0.3, -0.25) is 9.20 Å². The molecule has 2 heterocycles. The van der Waals surface area contributed by atoms with E-state index >= 15 is 0 Å². The van der Waals surface area contributed by atoms with Gasteiger partial charge in [-0.1, -0.05) is 17.7 Å². The van der Waals surface area contributed by atoms with E-state index in [1.54, 1.807) is 4.40 Å². The zero-order valence-corrected chi connectivity index (χ0v) is 10.1. The molecule has 0 saturated carbocycles. The summed E-state index contributed by atoms with van der Waals surface area (Å²) >= 11 is 6.00. The molecule has 0 atom stereocenters. The van der Waals surface area contributed by atoms with Crippen LogP contribution in [0.25, 0.3) is 5.52 Å². The molecule has 2 aromatic rings. The minimum absolute atomic E-state index is 0.101. The molecular formula is C11H12ClN3O. The molecule has 0 N–H and O–H groups in total. The summed E-state index contributed by atoms with van der Waals surface area (Å²) < 4.78 is 1.77. The van der Waals surface area contributed by atoms with Crippen LogP contribution in [0.3, 0.4) is 0 Å². The van der Waals surface area contributed by atoms with Crippen LogP contribution in [0.4, 0.5) is 5.82 Å². The van der Waals surface area contributed by atoms with Crippen LogP contribution >= 0.6 is 11.6 Å². The quantitative estimate of drug-likeness (QED) is 0.752. The van der Waals surface area contributed by atoms with E-state index in [4.69, 9.17) is 11.6 Å².